The summed E-state index contributed by atoms with van der Waals surface area (Å²) in [6, 6.07) is 16.9. The maximum Gasteiger partial charge on any atom is 0.293 e. The number of hydrogen-bond acceptors (Lipinski definition) is 2. The molecule has 0 atom stereocenters. The van der Waals surface area contributed by atoms with Gasteiger partial charge >= 0.3 is 0 Å². The average Bonchev–Trinajstić information content (AvgIpc) is 2.56. The molecule has 2 aromatic rings. The van der Waals surface area contributed by atoms with Gasteiger partial charge in [-0.05, 0) is 24.3 Å². The zero-order chi connectivity index (χ0) is 14.1. The van der Waals surface area contributed by atoms with Crippen LogP contribution in [-0.2, 0) is 4.79 Å². The van der Waals surface area contributed by atoms with Gasteiger partial charge in [-0.3, -0.25) is 4.79 Å². The summed E-state index contributed by atoms with van der Waals surface area (Å²) in [5.41, 5.74) is 2.90. The van der Waals surface area contributed by atoms with Crippen LogP contribution in [0, 0.1) is 5.21 Å². The summed E-state index contributed by atoms with van der Waals surface area (Å²) in [5.74, 6) is -0.210. The van der Waals surface area contributed by atoms with Gasteiger partial charge in [-0.1, -0.05) is 30.3 Å². The van der Waals surface area contributed by atoms with Crippen LogP contribution in [0.4, 0.5) is 5.69 Å². The highest BCUT2D eigenvalue weighted by atomic mass is 16.5. The van der Waals surface area contributed by atoms with Crippen LogP contribution in [0.3, 0.4) is 0 Å². The van der Waals surface area contributed by atoms with E-state index in [4.69, 9.17) is 0 Å². The van der Waals surface area contributed by atoms with Crippen molar-refractivity contribution >= 4 is 17.3 Å². The highest BCUT2D eigenvalue weighted by molar-refractivity contribution is 6.16. The Morgan fingerprint density at radius 3 is 2.45 bits per heavy atom. The van der Waals surface area contributed by atoms with Gasteiger partial charge in [-0.2, -0.15) is 4.74 Å². The molecule has 0 saturated carbocycles. The lowest BCUT2D eigenvalue weighted by Gasteiger charge is -2.15. The Kier molecular flexibility index (Phi) is 2.99. The number of carbonyl (C=O) groups excluding carboxylic acids is 1. The highest BCUT2D eigenvalue weighted by Gasteiger charge is 2.28. The maximum atomic E-state index is 12.4. The molecule has 0 unspecified atom stereocenters. The van der Waals surface area contributed by atoms with Crippen molar-refractivity contribution in [2.45, 2.75) is 0 Å². The number of carbonyl (C=O) groups is 1. The second-order valence-electron chi connectivity index (χ2n) is 4.72. The van der Waals surface area contributed by atoms with Gasteiger partial charge in [0, 0.05) is 12.6 Å². The van der Waals surface area contributed by atoms with Gasteiger partial charge in [0.1, 0.15) is 0 Å². The number of benzene rings is 2. The van der Waals surface area contributed by atoms with Gasteiger partial charge in [0.25, 0.3) is 5.91 Å². The van der Waals surface area contributed by atoms with E-state index in [2.05, 4.69) is 0 Å². The van der Waals surface area contributed by atoms with E-state index in [0.717, 1.165) is 21.6 Å². The molecule has 0 saturated heterocycles. The van der Waals surface area contributed by atoms with Gasteiger partial charge in [-0.15, -0.1) is 0 Å². The van der Waals surface area contributed by atoms with E-state index in [-0.39, 0.29) is 12.5 Å². The number of hydroxylamine groups is 1. The minimum atomic E-state index is -0.210. The molecule has 0 aliphatic carbocycles. The summed E-state index contributed by atoms with van der Waals surface area (Å²) in [6.07, 6.45) is 0. The standard InChI is InChI=1S/C16H14N2O2/c1-17-14-10-6-5-9-13(14)16(18(20)11-15(17)19)12-7-3-2-4-8-12/h2-10H,11H2,1H3. The molecule has 1 heterocycles. The first-order chi connectivity index (χ1) is 9.68. The van der Waals surface area contributed by atoms with Crippen molar-refractivity contribution in [3.8, 4) is 0 Å². The van der Waals surface area contributed by atoms with E-state index in [9.17, 15) is 10.0 Å². The van der Waals surface area contributed by atoms with E-state index < -0.39 is 0 Å². The Hall–Kier alpha value is -2.62. The molecule has 2 aromatic carbocycles. The van der Waals surface area contributed by atoms with Crippen molar-refractivity contribution in [1.82, 2.24) is 0 Å². The van der Waals surface area contributed by atoms with Crippen molar-refractivity contribution < 1.29 is 9.53 Å². The Morgan fingerprint density at radius 1 is 1.05 bits per heavy atom. The van der Waals surface area contributed by atoms with E-state index >= 15 is 0 Å². The molecular weight excluding hydrogens is 252 g/mol. The summed E-state index contributed by atoms with van der Waals surface area (Å²) in [5, 5.41) is 12.4. The third-order valence-corrected chi connectivity index (χ3v) is 3.47. The van der Waals surface area contributed by atoms with Crippen LogP contribution >= 0.6 is 0 Å². The molecule has 1 aliphatic rings. The fraction of sp³-hybridized carbons (Fsp3) is 0.125. The van der Waals surface area contributed by atoms with Crippen molar-refractivity contribution in [2.24, 2.45) is 0 Å². The topological polar surface area (TPSA) is 46.4 Å². The number of rotatable bonds is 1. The molecule has 0 N–H and O–H groups in total. The van der Waals surface area contributed by atoms with Crippen LogP contribution in [-0.4, -0.2) is 30.0 Å². The second kappa shape index (κ2) is 4.81. The lowest BCUT2D eigenvalue weighted by molar-refractivity contribution is -0.443. The molecule has 0 radical (unpaired) electrons. The number of fused-ring (bicyclic) bond motifs is 1. The second-order valence-corrected chi connectivity index (χ2v) is 4.72. The van der Waals surface area contributed by atoms with Gasteiger partial charge < -0.3 is 10.1 Å². The lowest BCUT2D eigenvalue weighted by Crippen LogP contribution is -2.31. The quantitative estimate of drug-likeness (QED) is 0.585. The molecule has 1 aliphatic heterocycles. The molecule has 0 aromatic heterocycles. The average molecular weight is 266 g/mol. The van der Waals surface area contributed by atoms with Crippen LogP contribution in [0.5, 0.6) is 0 Å². The van der Waals surface area contributed by atoms with Gasteiger partial charge in [-0.25, -0.2) is 0 Å². The number of benzodiazepines with no additional fused rings is 1. The van der Waals surface area contributed by atoms with E-state index in [0.29, 0.717) is 5.71 Å². The van der Waals surface area contributed by atoms with E-state index in [1.807, 2.05) is 54.6 Å². The minimum Gasteiger partial charge on any atom is -0.623 e. The summed E-state index contributed by atoms with van der Waals surface area (Å²) >= 11 is 0. The van der Waals surface area contributed by atoms with Gasteiger partial charge in [0.2, 0.25) is 12.3 Å². The molecule has 4 heteroatoms. The Balaban J connectivity index is 2.28. The fourth-order valence-corrected chi connectivity index (χ4v) is 2.44. The third-order valence-electron chi connectivity index (χ3n) is 3.47. The van der Waals surface area contributed by atoms with Crippen molar-refractivity contribution in [2.75, 3.05) is 18.5 Å². The number of para-hydroxylation sites is 1. The lowest BCUT2D eigenvalue weighted by atomic mass is 10.0. The molecule has 1 amide bonds. The predicted molar refractivity (Wildman–Crippen MR) is 78.0 cm³/mol. The largest absolute Gasteiger partial charge is 0.623 e. The normalized spacial score (nSPS) is 15.1. The van der Waals surface area contributed by atoms with Gasteiger partial charge in [0.05, 0.1) is 11.3 Å². The van der Waals surface area contributed by atoms with Crippen LogP contribution in [0.25, 0.3) is 0 Å². The molecule has 0 spiro atoms. The molecule has 20 heavy (non-hydrogen) atoms. The van der Waals surface area contributed by atoms with Crippen LogP contribution < -0.4 is 4.90 Å². The summed E-state index contributed by atoms with van der Waals surface area (Å²) in [6.45, 7) is -0.171. The number of anilines is 1. The summed E-state index contributed by atoms with van der Waals surface area (Å²) in [7, 11) is 1.70. The molecule has 100 valence electrons. The van der Waals surface area contributed by atoms with Crippen molar-refractivity contribution in [3.63, 3.8) is 0 Å². The molecule has 0 fully saturated rings. The Morgan fingerprint density at radius 2 is 1.70 bits per heavy atom. The molecule has 4 nitrogen and oxygen atoms in total. The Labute approximate surface area is 117 Å². The monoisotopic (exact) mass is 266 g/mol. The van der Waals surface area contributed by atoms with Gasteiger partial charge in [0.15, 0.2) is 0 Å². The number of nitrogens with zero attached hydrogens (tertiary/aromatic N) is 2. The minimum absolute atomic E-state index is 0.171. The van der Waals surface area contributed by atoms with Crippen LogP contribution in [0.1, 0.15) is 11.1 Å². The number of likely N-dealkylation sites (N-methyl/N-ethyl adjacent to an activating group) is 1. The first kappa shape index (κ1) is 12.4. The summed E-state index contributed by atoms with van der Waals surface area (Å²) in [4.78, 5) is 13.6. The van der Waals surface area contributed by atoms with Crippen LogP contribution in [0.15, 0.2) is 54.6 Å². The molecule has 3 rings (SSSR count). The predicted octanol–water partition coefficient (Wildman–Crippen LogP) is 2.01. The smallest absolute Gasteiger partial charge is 0.293 e. The number of hydrogen-bond donors (Lipinski definition) is 0. The zero-order valence-corrected chi connectivity index (χ0v) is 11.1. The molecule has 0 bridgehead atoms. The zero-order valence-electron chi connectivity index (χ0n) is 11.1. The third kappa shape index (κ3) is 1.95. The Bertz CT molecular complexity index is 693. The van der Waals surface area contributed by atoms with Crippen LogP contribution in [0.2, 0.25) is 0 Å². The number of amides is 1. The van der Waals surface area contributed by atoms with Crippen molar-refractivity contribution in [1.29, 1.82) is 0 Å². The molecular formula is C16H14N2O2. The SMILES string of the molecule is CN1C(=O)C[N+]([O-])=C(c2ccccc2)c2ccccc21. The summed E-state index contributed by atoms with van der Waals surface area (Å²) < 4.78 is 0.778. The van der Waals surface area contributed by atoms with E-state index in [1.165, 1.54) is 4.90 Å². The first-order valence-electron chi connectivity index (χ1n) is 6.41. The van der Waals surface area contributed by atoms with Crippen molar-refractivity contribution in [3.05, 3.63) is 70.9 Å². The highest BCUT2D eigenvalue weighted by Crippen LogP contribution is 2.25. The maximum absolute atomic E-state index is 12.4. The van der Waals surface area contributed by atoms with E-state index in [1.54, 1.807) is 7.05 Å². The fourth-order valence-electron chi connectivity index (χ4n) is 2.44. The first-order valence-corrected chi connectivity index (χ1v) is 6.41.